The van der Waals surface area contributed by atoms with Gasteiger partial charge in [0, 0.05) is 0 Å². The average Bonchev–Trinajstić information content (AvgIpc) is 2.12. The molecule has 4 heteroatoms. The van der Waals surface area contributed by atoms with Crippen LogP contribution in [0.3, 0.4) is 0 Å². The van der Waals surface area contributed by atoms with Gasteiger partial charge >= 0.3 is 7.60 Å². The van der Waals surface area contributed by atoms with Crippen LogP contribution in [0.1, 0.15) is 52.9 Å². The minimum Gasteiger partial charge on any atom is -0.324 e. The van der Waals surface area contributed by atoms with Crippen LogP contribution in [0.4, 0.5) is 0 Å². The molecule has 3 nitrogen and oxygen atoms in total. The molecule has 0 radical (unpaired) electrons. The van der Waals surface area contributed by atoms with E-state index in [1.807, 2.05) is 6.92 Å². The van der Waals surface area contributed by atoms with Gasteiger partial charge in [-0.1, -0.05) is 33.1 Å². The number of hydrogen-bond acceptors (Lipinski definition) is 2. The van der Waals surface area contributed by atoms with Gasteiger partial charge in [-0.3, -0.25) is 4.57 Å². The molecule has 0 aromatic rings. The van der Waals surface area contributed by atoms with E-state index in [9.17, 15) is 9.46 Å². The van der Waals surface area contributed by atoms with Crippen LogP contribution < -0.4 is 0 Å². The average molecular weight is 222 g/mol. The highest BCUT2D eigenvalue weighted by Crippen LogP contribution is 2.50. The fraction of sp³-hybridized carbons (Fsp3) is 1.00. The van der Waals surface area contributed by atoms with Gasteiger partial charge in [-0.2, -0.15) is 0 Å². The molecule has 0 aromatic heterocycles. The van der Waals surface area contributed by atoms with Crippen LogP contribution in [0.25, 0.3) is 0 Å². The summed E-state index contributed by atoms with van der Waals surface area (Å²) in [5.41, 5.74) is -0.172. The molecule has 0 heterocycles. The summed E-state index contributed by atoms with van der Waals surface area (Å²) in [5.74, 6) is 0. The van der Waals surface area contributed by atoms with E-state index in [-0.39, 0.29) is 5.66 Å². The molecule has 14 heavy (non-hydrogen) atoms. The predicted molar refractivity (Wildman–Crippen MR) is 59.7 cm³/mol. The number of hydrogen-bond donors (Lipinski definition) is 1. The normalized spacial score (nSPS) is 17.7. The maximum absolute atomic E-state index is 11.7. The third-order valence-electron chi connectivity index (χ3n) is 2.39. The first-order valence-electron chi connectivity index (χ1n) is 5.55. The molecule has 0 aliphatic carbocycles. The Labute approximate surface area is 87.4 Å². The van der Waals surface area contributed by atoms with E-state index in [0.717, 1.165) is 32.1 Å². The van der Waals surface area contributed by atoms with Crippen molar-refractivity contribution in [2.75, 3.05) is 6.61 Å². The van der Waals surface area contributed by atoms with Crippen molar-refractivity contribution in [2.24, 2.45) is 0 Å². The molecule has 86 valence electrons. The quantitative estimate of drug-likeness (QED) is 0.504. The van der Waals surface area contributed by atoms with Gasteiger partial charge in [-0.25, -0.2) is 0 Å². The maximum atomic E-state index is 11.7. The zero-order chi connectivity index (χ0) is 11.0. The molecule has 0 fully saturated rings. The first-order chi connectivity index (χ1) is 6.58. The second-order valence-electron chi connectivity index (χ2n) is 3.54. The van der Waals surface area contributed by atoms with E-state index in [1.54, 1.807) is 6.92 Å². The minimum absolute atomic E-state index is 0.172. The SMILES string of the molecule is CCCCCC(CC)P(=O)(O)OCC. The van der Waals surface area contributed by atoms with E-state index < -0.39 is 7.60 Å². The molecular formula is C10H23O3P. The Balaban J connectivity index is 4.04. The van der Waals surface area contributed by atoms with E-state index in [1.165, 1.54) is 0 Å². The van der Waals surface area contributed by atoms with Crippen molar-refractivity contribution in [1.29, 1.82) is 0 Å². The van der Waals surface area contributed by atoms with Gasteiger partial charge in [-0.15, -0.1) is 0 Å². The van der Waals surface area contributed by atoms with Crippen LogP contribution in [-0.2, 0) is 9.09 Å². The molecule has 0 aromatic carbocycles. The first kappa shape index (κ1) is 14.2. The Kier molecular flexibility index (Phi) is 7.52. The minimum atomic E-state index is -3.34. The van der Waals surface area contributed by atoms with E-state index in [2.05, 4.69) is 6.92 Å². The van der Waals surface area contributed by atoms with Gasteiger partial charge in [0.05, 0.1) is 12.3 Å². The topological polar surface area (TPSA) is 46.5 Å². The number of unbranched alkanes of at least 4 members (excludes halogenated alkanes) is 2. The van der Waals surface area contributed by atoms with Crippen LogP contribution in [0.5, 0.6) is 0 Å². The van der Waals surface area contributed by atoms with Crippen molar-refractivity contribution in [3.05, 3.63) is 0 Å². The van der Waals surface area contributed by atoms with Crippen molar-refractivity contribution in [2.45, 2.75) is 58.5 Å². The second-order valence-corrected chi connectivity index (χ2v) is 5.66. The monoisotopic (exact) mass is 222 g/mol. The summed E-state index contributed by atoms with van der Waals surface area (Å²) in [6.07, 6.45) is 4.81. The molecule has 0 amide bonds. The molecular weight excluding hydrogens is 199 g/mol. The molecule has 0 spiro atoms. The van der Waals surface area contributed by atoms with E-state index in [0.29, 0.717) is 6.61 Å². The van der Waals surface area contributed by atoms with Gasteiger partial charge < -0.3 is 9.42 Å². The fourth-order valence-corrected chi connectivity index (χ4v) is 3.07. The Bertz CT molecular complexity index is 182. The standard InChI is InChI=1S/C10H23O3P/c1-4-7-8-9-10(5-2)14(11,12)13-6-3/h10H,4-9H2,1-3H3,(H,11,12). The van der Waals surface area contributed by atoms with Crippen molar-refractivity contribution in [3.8, 4) is 0 Å². The summed E-state index contributed by atoms with van der Waals surface area (Å²) in [4.78, 5) is 9.61. The van der Waals surface area contributed by atoms with Crippen LogP contribution in [0.2, 0.25) is 0 Å². The molecule has 0 saturated carbocycles. The predicted octanol–water partition coefficient (Wildman–Crippen LogP) is 3.57. The largest absolute Gasteiger partial charge is 0.331 e. The Morgan fingerprint density at radius 1 is 1.29 bits per heavy atom. The molecule has 0 aliphatic rings. The molecule has 0 bridgehead atoms. The zero-order valence-electron chi connectivity index (χ0n) is 9.53. The van der Waals surface area contributed by atoms with Gasteiger partial charge in [0.2, 0.25) is 0 Å². The Morgan fingerprint density at radius 3 is 2.36 bits per heavy atom. The smallest absolute Gasteiger partial charge is 0.324 e. The van der Waals surface area contributed by atoms with Crippen molar-refractivity contribution in [3.63, 3.8) is 0 Å². The van der Waals surface area contributed by atoms with Gasteiger partial charge in [0.1, 0.15) is 0 Å². The van der Waals surface area contributed by atoms with Crippen molar-refractivity contribution < 1.29 is 14.0 Å². The summed E-state index contributed by atoms with van der Waals surface area (Å²) in [5, 5.41) is 0. The Hall–Kier alpha value is 0.150. The van der Waals surface area contributed by atoms with Crippen LogP contribution in [0.15, 0.2) is 0 Å². The van der Waals surface area contributed by atoms with Crippen LogP contribution in [0, 0.1) is 0 Å². The first-order valence-corrected chi connectivity index (χ1v) is 7.20. The van der Waals surface area contributed by atoms with Gasteiger partial charge in [0.15, 0.2) is 0 Å². The molecule has 0 saturated heterocycles. The number of rotatable bonds is 8. The summed E-state index contributed by atoms with van der Waals surface area (Å²) in [7, 11) is -3.34. The van der Waals surface area contributed by atoms with Crippen molar-refractivity contribution >= 4 is 7.60 Å². The molecule has 1 N–H and O–H groups in total. The zero-order valence-corrected chi connectivity index (χ0v) is 10.4. The highest BCUT2D eigenvalue weighted by molar-refractivity contribution is 7.53. The van der Waals surface area contributed by atoms with Gasteiger partial charge in [-0.05, 0) is 19.8 Å². The van der Waals surface area contributed by atoms with E-state index in [4.69, 9.17) is 4.52 Å². The van der Waals surface area contributed by atoms with Crippen LogP contribution >= 0.6 is 7.60 Å². The highest BCUT2D eigenvalue weighted by Gasteiger charge is 2.29. The molecule has 0 rings (SSSR count). The summed E-state index contributed by atoms with van der Waals surface area (Å²) >= 11 is 0. The van der Waals surface area contributed by atoms with E-state index >= 15 is 0 Å². The molecule has 2 unspecified atom stereocenters. The lowest BCUT2D eigenvalue weighted by Gasteiger charge is -2.20. The second kappa shape index (κ2) is 7.44. The lowest BCUT2D eigenvalue weighted by atomic mass is 10.1. The summed E-state index contributed by atoms with van der Waals surface area (Å²) in [6, 6.07) is 0. The molecule has 2 atom stereocenters. The highest BCUT2D eigenvalue weighted by atomic mass is 31.2. The summed E-state index contributed by atoms with van der Waals surface area (Å²) < 4.78 is 16.6. The third-order valence-corrected chi connectivity index (χ3v) is 4.56. The fourth-order valence-electron chi connectivity index (χ4n) is 1.52. The summed E-state index contributed by atoms with van der Waals surface area (Å²) in [6.45, 7) is 6.14. The lowest BCUT2D eigenvalue weighted by molar-refractivity contribution is 0.260. The maximum Gasteiger partial charge on any atom is 0.331 e. The third kappa shape index (κ3) is 5.14. The molecule has 0 aliphatic heterocycles. The van der Waals surface area contributed by atoms with Gasteiger partial charge in [0.25, 0.3) is 0 Å². The Morgan fingerprint density at radius 2 is 1.93 bits per heavy atom. The van der Waals surface area contributed by atoms with Crippen molar-refractivity contribution in [1.82, 2.24) is 0 Å². The van der Waals surface area contributed by atoms with Crippen LogP contribution in [-0.4, -0.2) is 17.2 Å². The lowest BCUT2D eigenvalue weighted by Crippen LogP contribution is -2.09.